The number of anilines is 2. The molecular weight excluding hydrogens is 356 g/mol. The molecule has 0 atom stereocenters. The number of nitrogens with zero attached hydrogens (tertiary/aromatic N) is 3. The number of ether oxygens (including phenoxy) is 1. The summed E-state index contributed by atoms with van der Waals surface area (Å²) in [7, 11) is 3.80. The number of hydrogen-bond donors (Lipinski definition) is 1. The van der Waals surface area contributed by atoms with Gasteiger partial charge in [0.15, 0.2) is 0 Å². The number of amides is 1. The third kappa shape index (κ3) is 4.76. The van der Waals surface area contributed by atoms with Crippen LogP contribution in [0, 0.1) is 0 Å². The smallest absolute Gasteiger partial charge is 0.276 e. The number of nitrogens with one attached hydrogen (secondary N) is 1. The highest BCUT2D eigenvalue weighted by Crippen LogP contribution is 2.23. The van der Waals surface area contributed by atoms with E-state index in [1.54, 1.807) is 0 Å². The first-order valence-corrected chi connectivity index (χ1v) is 8.88. The maximum absolute atomic E-state index is 12.6. The van der Waals surface area contributed by atoms with E-state index in [9.17, 15) is 9.59 Å². The lowest BCUT2D eigenvalue weighted by atomic mass is 10.2. The minimum atomic E-state index is -0.382. The fourth-order valence-corrected chi connectivity index (χ4v) is 2.65. The molecule has 28 heavy (non-hydrogen) atoms. The van der Waals surface area contributed by atoms with Gasteiger partial charge in [0.25, 0.3) is 11.5 Å². The molecule has 1 heterocycles. The maximum atomic E-state index is 12.6. The van der Waals surface area contributed by atoms with Gasteiger partial charge >= 0.3 is 0 Å². The molecule has 0 aliphatic heterocycles. The predicted molar refractivity (Wildman–Crippen MR) is 109 cm³/mol. The van der Waals surface area contributed by atoms with E-state index in [1.807, 2.05) is 73.6 Å². The van der Waals surface area contributed by atoms with Crippen molar-refractivity contribution in [3.05, 3.63) is 82.8 Å². The standard InChI is InChI=1S/C21H22N4O3/c1-24(2)19-11-7-6-10-17(19)22-21(27)18-12-13-20(26)25(23-18)14-15-28-16-8-4-3-5-9-16/h3-13H,14-15H2,1-2H3,(H,22,27). The first-order valence-electron chi connectivity index (χ1n) is 8.88. The molecule has 1 N–H and O–H groups in total. The van der Waals surface area contributed by atoms with E-state index in [0.717, 1.165) is 5.69 Å². The molecule has 1 amide bonds. The Balaban J connectivity index is 1.70. The van der Waals surface area contributed by atoms with Crippen molar-refractivity contribution in [2.24, 2.45) is 0 Å². The van der Waals surface area contributed by atoms with Gasteiger partial charge in [-0.15, -0.1) is 0 Å². The summed E-state index contributed by atoms with van der Waals surface area (Å²) < 4.78 is 6.83. The van der Waals surface area contributed by atoms with Gasteiger partial charge in [0.05, 0.1) is 17.9 Å². The zero-order valence-electron chi connectivity index (χ0n) is 15.8. The van der Waals surface area contributed by atoms with Crippen molar-refractivity contribution >= 4 is 17.3 Å². The van der Waals surface area contributed by atoms with E-state index in [-0.39, 0.29) is 30.3 Å². The van der Waals surface area contributed by atoms with Gasteiger partial charge in [0, 0.05) is 20.2 Å². The van der Waals surface area contributed by atoms with Crippen molar-refractivity contribution in [3.8, 4) is 5.75 Å². The van der Waals surface area contributed by atoms with Crippen LogP contribution >= 0.6 is 0 Å². The maximum Gasteiger partial charge on any atom is 0.276 e. The van der Waals surface area contributed by atoms with Crippen molar-refractivity contribution in [2.75, 3.05) is 30.9 Å². The van der Waals surface area contributed by atoms with Crippen LogP contribution in [0.25, 0.3) is 0 Å². The average Bonchev–Trinajstić information content (AvgIpc) is 2.70. The first kappa shape index (κ1) is 19.2. The summed E-state index contributed by atoms with van der Waals surface area (Å²) in [6.45, 7) is 0.509. The number of rotatable bonds is 7. The van der Waals surface area contributed by atoms with Gasteiger partial charge in [-0.2, -0.15) is 5.10 Å². The monoisotopic (exact) mass is 378 g/mol. The molecule has 1 aromatic heterocycles. The summed E-state index contributed by atoms with van der Waals surface area (Å²) in [4.78, 5) is 26.6. The van der Waals surface area contributed by atoms with Crippen LogP contribution in [0.15, 0.2) is 71.5 Å². The van der Waals surface area contributed by atoms with Crippen molar-refractivity contribution < 1.29 is 9.53 Å². The van der Waals surface area contributed by atoms with Crippen molar-refractivity contribution in [2.45, 2.75) is 6.54 Å². The minimum Gasteiger partial charge on any atom is -0.492 e. The van der Waals surface area contributed by atoms with Crippen LogP contribution in [0.2, 0.25) is 0 Å². The summed E-state index contributed by atoms with van der Waals surface area (Å²) in [5.74, 6) is 0.330. The van der Waals surface area contributed by atoms with E-state index in [0.29, 0.717) is 11.4 Å². The normalized spacial score (nSPS) is 10.4. The summed E-state index contributed by atoms with van der Waals surface area (Å²) in [6, 6.07) is 19.5. The Kier molecular flexibility index (Phi) is 6.06. The van der Waals surface area contributed by atoms with E-state index in [2.05, 4.69) is 10.4 Å². The molecule has 0 fully saturated rings. The predicted octanol–water partition coefficient (Wildman–Crippen LogP) is 2.64. The van der Waals surface area contributed by atoms with Crippen molar-refractivity contribution in [1.29, 1.82) is 0 Å². The van der Waals surface area contributed by atoms with Crippen LogP contribution < -0.4 is 20.5 Å². The number of benzene rings is 2. The Bertz CT molecular complexity index is 1000. The molecule has 0 aliphatic rings. The number of aromatic nitrogens is 2. The zero-order chi connectivity index (χ0) is 19.9. The van der Waals surface area contributed by atoms with Crippen LogP contribution in [0.1, 0.15) is 10.5 Å². The minimum absolute atomic E-state index is 0.160. The molecule has 3 aromatic rings. The van der Waals surface area contributed by atoms with E-state index in [1.165, 1.54) is 16.8 Å². The summed E-state index contributed by atoms with van der Waals surface area (Å²) in [6.07, 6.45) is 0. The second-order valence-electron chi connectivity index (χ2n) is 6.31. The Labute approximate surface area is 163 Å². The molecule has 0 aliphatic carbocycles. The van der Waals surface area contributed by atoms with Gasteiger partial charge in [-0.1, -0.05) is 30.3 Å². The van der Waals surface area contributed by atoms with E-state index in [4.69, 9.17) is 4.74 Å². The molecule has 0 saturated carbocycles. The van der Waals surface area contributed by atoms with Gasteiger partial charge in [-0.3, -0.25) is 9.59 Å². The SMILES string of the molecule is CN(C)c1ccccc1NC(=O)c1ccc(=O)n(CCOc2ccccc2)n1. The van der Waals surface area contributed by atoms with Crippen LogP contribution in [0.4, 0.5) is 11.4 Å². The van der Waals surface area contributed by atoms with Gasteiger partial charge < -0.3 is 15.0 Å². The lowest BCUT2D eigenvalue weighted by Crippen LogP contribution is -2.28. The largest absolute Gasteiger partial charge is 0.492 e. The van der Waals surface area contributed by atoms with Crippen LogP contribution in [0.5, 0.6) is 5.75 Å². The number of hydrogen-bond acceptors (Lipinski definition) is 5. The van der Waals surface area contributed by atoms with Gasteiger partial charge in [0.2, 0.25) is 0 Å². The average molecular weight is 378 g/mol. The molecular formula is C21H22N4O3. The molecule has 0 unspecified atom stereocenters. The molecule has 3 rings (SSSR count). The summed E-state index contributed by atoms with van der Waals surface area (Å²) in [5.41, 5.74) is 1.42. The van der Waals surface area contributed by atoms with Gasteiger partial charge in [0.1, 0.15) is 18.1 Å². The Morgan fingerprint density at radius 2 is 1.75 bits per heavy atom. The van der Waals surface area contributed by atoms with Crippen LogP contribution in [-0.2, 0) is 6.54 Å². The third-order valence-corrected chi connectivity index (χ3v) is 4.05. The zero-order valence-corrected chi connectivity index (χ0v) is 15.8. The van der Waals surface area contributed by atoms with Gasteiger partial charge in [-0.05, 0) is 30.3 Å². The molecule has 144 valence electrons. The summed E-state index contributed by atoms with van der Waals surface area (Å²) in [5, 5.41) is 7.02. The molecule has 0 bridgehead atoms. The molecule has 7 nitrogen and oxygen atoms in total. The topological polar surface area (TPSA) is 76.5 Å². The molecule has 0 spiro atoms. The van der Waals surface area contributed by atoms with Crippen LogP contribution in [0.3, 0.4) is 0 Å². The fourth-order valence-electron chi connectivity index (χ4n) is 2.65. The quantitative estimate of drug-likeness (QED) is 0.684. The summed E-state index contributed by atoms with van der Waals surface area (Å²) >= 11 is 0. The van der Waals surface area contributed by atoms with Crippen molar-refractivity contribution in [3.63, 3.8) is 0 Å². The second kappa shape index (κ2) is 8.85. The van der Waals surface area contributed by atoms with Gasteiger partial charge in [-0.25, -0.2) is 4.68 Å². The van der Waals surface area contributed by atoms with Crippen molar-refractivity contribution in [1.82, 2.24) is 9.78 Å². The highest BCUT2D eigenvalue weighted by atomic mass is 16.5. The van der Waals surface area contributed by atoms with E-state index >= 15 is 0 Å². The molecule has 2 aromatic carbocycles. The number of carbonyl (C=O) groups excluding carboxylic acids is 1. The highest BCUT2D eigenvalue weighted by molar-refractivity contribution is 6.04. The highest BCUT2D eigenvalue weighted by Gasteiger charge is 2.13. The second-order valence-corrected chi connectivity index (χ2v) is 6.31. The lowest BCUT2D eigenvalue weighted by Gasteiger charge is -2.17. The van der Waals surface area contributed by atoms with E-state index < -0.39 is 0 Å². The van der Waals surface area contributed by atoms with Crippen LogP contribution in [-0.4, -0.2) is 36.4 Å². The Morgan fingerprint density at radius 1 is 1.04 bits per heavy atom. The Morgan fingerprint density at radius 3 is 2.50 bits per heavy atom. The lowest BCUT2D eigenvalue weighted by molar-refractivity contribution is 0.101. The molecule has 0 saturated heterocycles. The third-order valence-electron chi connectivity index (χ3n) is 4.05. The molecule has 0 radical (unpaired) electrons. The first-order chi connectivity index (χ1) is 13.5. The molecule has 7 heteroatoms. The fraction of sp³-hybridized carbons (Fsp3) is 0.190. The number of para-hydroxylation sites is 3. The number of carbonyl (C=O) groups is 1. The Hall–Kier alpha value is -3.61.